The molecule has 1 aliphatic rings. The van der Waals surface area contributed by atoms with Crippen LogP contribution in [0.2, 0.25) is 10.0 Å². The van der Waals surface area contributed by atoms with E-state index in [0.29, 0.717) is 35.7 Å². The molecule has 0 radical (unpaired) electrons. The minimum absolute atomic E-state index is 0.00717. The van der Waals surface area contributed by atoms with E-state index in [1.807, 2.05) is 24.3 Å². The van der Waals surface area contributed by atoms with Gasteiger partial charge in [0, 0.05) is 30.1 Å². The van der Waals surface area contributed by atoms with Crippen molar-refractivity contribution >= 4 is 47.4 Å². The summed E-state index contributed by atoms with van der Waals surface area (Å²) in [5.41, 5.74) is 1.68. The average Bonchev–Trinajstić information content (AvgIpc) is 2.97. The normalized spacial score (nSPS) is 14.9. The summed E-state index contributed by atoms with van der Waals surface area (Å²) in [6.07, 6.45) is 6.50. The Hall–Kier alpha value is -3.10. The van der Waals surface area contributed by atoms with Crippen LogP contribution in [0, 0.1) is 5.92 Å². The molecule has 0 bridgehead atoms. The van der Waals surface area contributed by atoms with Crippen molar-refractivity contribution in [3.05, 3.63) is 69.7 Å². The number of carbonyl (C=O) groups is 4. The summed E-state index contributed by atoms with van der Waals surface area (Å²) in [7, 11) is 1.70. The van der Waals surface area contributed by atoms with Gasteiger partial charge in [0.05, 0.1) is 6.04 Å². The molecular formula is C31H39Cl2N3O5. The second-order valence-electron chi connectivity index (χ2n) is 10.6. The number of nitrogens with zero attached hydrogens (tertiary/aromatic N) is 1. The summed E-state index contributed by atoms with van der Waals surface area (Å²) in [5, 5.41) is 6.60. The van der Waals surface area contributed by atoms with Gasteiger partial charge in [0.15, 0.2) is 0 Å². The molecule has 2 N–H and O–H groups in total. The Bertz CT molecular complexity index is 1170. The molecule has 2 aromatic carbocycles. The Kier molecular flexibility index (Phi) is 13.4. The Labute approximate surface area is 252 Å². The summed E-state index contributed by atoms with van der Waals surface area (Å²) >= 11 is 12.2. The molecule has 0 aromatic heterocycles. The van der Waals surface area contributed by atoms with E-state index in [1.54, 1.807) is 36.2 Å². The third-order valence-electron chi connectivity index (χ3n) is 7.42. The fraction of sp³-hybridized carbons (Fsp3) is 0.484. The lowest BCUT2D eigenvalue weighted by Gasteiger charge is -2.27. The number of ether oxygens (including phenoxy) is 1. The largest absolute Gasteiger partial charge is 0.445 e. The standard InChI is InChI=1S/C31H39Cl2N3O5/c1-36(17-16-24-11-5-6-13-27(24)33)29(38)15-14-26(20-37)34-30(39)28(19-22-8-3-2-4-9-22)35-31(40)41-21-23-10-7-12-25(32)18-23/h5-7,10-13,18,20,22,26,28H,2-4,8-9,14-17,19,21H2,1H3,(H,34,39)(H,35,40)/t26-,28-/m0/s1. The van der Waals surface area contributed by atoms with E-state index in [0.717, 1.165) is 43.2 Å². The fourth-order valence-corrected chi connectivity index (χ4v) is 5.43. The highest BCUT2D eigenvalue weighted by Crippen LogP contribution is 2.27. The van der Waals surface area contributed by atoms with Crippen molar-refractivity contribution in [1.29, 1.82) is 0 Å². The van der Waals surface area contributed by atoms with Gasteiger partial charge in [-0.3, -0.25) is 9.59 Å². The van der Waals surface area contributed by atoms with Crippen molar-refractivity contribution in [2.75, 3.05) is 13.6 Å². The minimum Gasteiger partial charge on any atom is -0.445 e. The number of likely N-dealkylation sites (N-methyl/N-ethyl adjacent to an activating group) is 1. The van der Waals surface area contributed by atoms with Gasteiger partial charge in [0.2, 0.25) is 11.8 Å². The van der Waals surface area contributed by atoms with Crippen LogP contribution in [0.15, 0.2) is 48.5 Å². The molecule has 0 aliphatic heterocycles. The van der Waals surface area contributed by atoms with Crippen LogP contribution in [0.3, 0.4) is 0 Å². The highest BCUT2D eigenvalue weighted by atomic mass is 35.5. The number of hydrogen-bond acceptors (Lipinski definition) is 5. The van der Waals surface area contributed by atoms with Crippen molar-refractivity contribution in [2.45, 2.75) is 76.5 Å². The molecule has 3 amide bonds. The molecule has 1 saturated carbocycles. The number of carbonyl (C=O) groups excluding carboxylic acids is 4. The molecule has 10 heteroatoms. The van der Waals surface area contributed by atoms with Gasteiger partial charge in [-0.25, -0.2) is 4.79 Å². The van der Waals surface area contributed by atoms with Crippen molar-refractivity contribution < 1.29 is 23.9 Å². The van der Waals surface area contributed by atoms with Crippen LogP contribution < -0.4 is 10.6 Å². The molecular weight excluding hydrogens is 565 g/mol. The summed E-state index contributed by atoms with van der Waals surface area (Å²) < 4.78 is 5.34. The van der Waals surface area contributed by atoms with Gasteiger partial charge in [0.1, 0.15) is 18.9 Å². The molecule has 8 nitrogen and oxygen atoms in total. The highest BCUT2D eigenvalue weighted by Gasteiger charge is 2.28. The molecule has 0 unspecified atom stereocenters. The lowest BCUT2D eigenvalue weighted by molar-refractivity contribution is -0.131. The van der Waals surface area contributed by atoms with Gasteiger partial charge in [-0.2, -0.15) is 0 Å². The van der Waals surface area contributed by atoms with Crippen molar-refractivity contribution in [2.24, 2.45) is 5.92 Å². The molecule has 3 rings (SSSR count). The van der Waals surface area contributed by atoms with E-state index in [9.17, 15) is 19.2 Å². The molecule has 2 aromatic rings. The predicted octanol–water partition coefficient (Wildman–Crippen LogP) is 5.72. The lowest BCUT2D eigenvalue weighted by atomic mass is 9.84. The maximum absolute atomic E-state index is 13.2. The van der Waals surface area contributed by atoms with Gasteiger partial charge in [0.25, 0.3) is 0 Å². The van der Waals surface area contributed by atoms with Crippen LogP contribution in [0.25, 0.3) is 0 Å². The monoisotopic (exact) mass is 603 g/mol. The summed E-state index contributed by atoms with van der Waals surface area (Å²) in [4.78, 5) is 52.0. The number of nitrogens with one attached hydrogen (secondary N) is 2. The van der Waals surface area contributed by atoms with Gasteiger partial charge >= 0.3 is 6.09 Å². The molecule has 1 fully saturated rings. The number of alkyl carbamates (subject to hydrolysis) is 1. The highest BCUT2D eigenvalue weighted by molar-refractivity contribution is 6.31. The topological polar surface area (TPSA) is 105 Å². The molecule has 222 valence electrons. The third-order valence-corrected chi connectivity index (χ3v) is 8.03. The molecule has 1 aliphatic carbocycles. The number of rotatable bonds is 14. The van der Waals surface area contributed by atoms with Crippen LogP contribution in [0.4, 0.5) is 4.79 Å². The maximum Gasteiger partial charge on any atom is 0.408 e. The Morgan fingerprint density at radius 2 is 1.80 bits per heavy atom. The number of halogens is 2. The first-order chi connectivity index (χ1) is 19.7. The van der Waals surface area contributed by atoms with Crippen LogP contribution in [-0.4, -0.2) is 54.8 Å². The Balaban J connectivity index is 1.52. The van der Waals surface area contributed by atoms with Gasteiger partial charge in [-0.1, -0.05) is 85.6 Å². The van der Waals surface area contributed by atoms with Crippen LogP contribution in [0.5, 0.6) is 0 Å². The van der Waals surface area contributed by atoms with E-state index >= 15 is 0 Å². The summed E-state index contributed by atoms with van der Waals surface area (Å²) in [6, 6.07) is 12.7. The number of hydrogen-bond donors (Lipinski definition) is 2. The van der Waals surface area contributed by atoms with E-state index in [4.69, 9.17) is 27.9 Å². The van der Waals surface area contributed by atoms with E-state index in [2.05, 4.69) is 10.6 Å². The van der Waals surface area contributed by atoms with Gasteiger partial charge < -0.3 is 25.1 Å². The average molecular weight is 605 g/mol. The van der Waals surface area contributed by atoms with E-state index in [1.165, 1.54) is 0 Å². The first kappa shape index (κ1) is 32.4. The fourth-order valence-electron chi connectivity index (χ4n) is 4.99. The van der Waals surface area contributed by atoms with Crippen molar-refractivity contribution in [1.82, 2.24) is 15.5 Å². The predicted molar refractivity (Wildman–Crippen MR) is 160 cm³/mol. The second-order valence-corrected chi connectivity index (χ2v) is 11.4. The molecule has 41 heavy (non-hydrogen) atoms. The Morgan fingerprint density at radius 1 is 1.05 bits per heavy atom. The SMILES string of the molecule is CN(CCc1ccccc1Cl)C(=O)CC[C@@H](C=O)NC(=O)[C@H](CC1CCCCC1)NC(=O)OCc1cccc(Cl)c1. The number of amides is 3. The zero-order valence-electron chi connectivity index (χ0n) is 23.5. The molecule has 2 atom stereocenters. The molecule has 0 heterocycles. The third kappa shape index (κ3) is 11.4. The maximum atomic E-state index is 13.2. The number of benzene rings is 2. The van der Waals surface area contributed by atoms with Crippen molar-refractivity contribution in [3.63, 3.8) is 0 Å². The van der Waals surface area contributed by atoms with E-state index < -0.39 is 24.1 Å². The second kappa shape index (κ2) is 17.0. The number of aldehydes is 1. The lowest BCUT2D eigenvalue weighted by Crippen LogP contribution is -2.51. The van der Waals surface area contributed by atoms with Gasteiger partial charge in [-0.05, 0) is 54.5 Å². The van der Waals surface area contributed by atoms with Gasteiger partial charge in [-0.15, -0.1) is 0 Å². The van der Waals surface area contributed by atoms with Crippen molar-refractivity contribution in [3.8, 4) is 0 Å². The van der Waals surface area contributed by atoms with E-state index in [-0.39, 0.29) is 31.3 Å². The Morgan fingerprint density at radius 3 is 2.51 bits per heavy atom. The minimum atomic E-state index is -0.860. The van der Waals surface area contributed by atoms with Crippen LogP contribution in [0.1, 0.15) is 62.5 Å². The molecule has 0 saturated heterocycles. The summed E-state index contributed by atoms with van der Waals surface area (Å²) in [6.45, 7) is 0.485. The summed E-state index contributed by atoms with van der Waals surface area (Å²) in [5.74, 6) is -0.317. The molecule has 0 spiro atoms. The quantitative estimate of drug-likeness (QED) is 0.269. The van der Waals surface area contributed by atoms with Crippen LogP contribution >= 0.6 is 23.2 Å². The first-order valence-electron chi connectivity index (χ1n) is 14.2. The zero-order valence-corrected chi connectivity index (χ0v) is 25.0. The smallest absolute Gasteiger partial charge is 0.408 e. The zero-order chi connectivity index (χ0) is 29.6. The first-order valence-corrected chi connectivity index (χ1v) is 14.9. The van der Waals surface area contributed by atoms with Crippen LogP contribution in [-0.2, 0) is 32.1 Å².